The molecular weight excluding hydrogens is 1800 g/mol. The van der Waals surface area contributed by atoms with E-state index in [-0.39, 0.29) is 148 Å². The maximum Gasteiger partial charge on any atom is 0.270 e. The third-order valence-electron chi connectivity index (χ3n) is 21.8. The minimum absolute atomic E-state index is 0.0433. The van der Waals surface area contributed by atoms with Gasteiger partial charge < -0.3 is 91.4 Å². The first-order valence-electron chi connectivity index (χ1n) is 40.7. The van der Waals surface area contributed by atoms with Crippen LogP contribution in [0.5, 0.6) is 34.5 Å². The van der Waals surface area contributed by atoms with Gasteiger partial charge in [-0.1, -0.05) is 83.5 Å². The molecule has 0 unspecified atom stereocenters. The Labute approximate surface area is 778 Å². The fourth-order valence-electron chi connectivity index (χ4n) is 15.5. The number of pyridine rings is 4. The first-order valence-corrected chi connectivity index (χ1v) is 42.9. The average molecular weight is 1900 g/mol. The lowest BCUT2D eigenvalue weighted by Gasteiger charge is -2.38. The minimum atomic E-state index is -0.370. The number of carbonyl (C=O) groups is 4. The zero-order valence-electron chi connectivity index (χ0n) is 74.5. The first-order chi connectivity index (χ1) is 61.7. The van der Waals surface area contributed by atoms with E-state index in [9.17, 15) is 24.0 Å². The Balaban J connectivity index is 0.000000147. The molecule has 5 aliphatic rings. The number of likely N-dealkylation sites (N-methyl/N-ethyl adjacent to an activating group) is 1. The molecule has 0 bridgehead atoms. The van der Waals surface area contributed by atoms with Crippen LogP contribution < -0.4 is 96.9 Å². The van der Waals surface area contributed by atoms with Crippen LogP contribution in [0.4, 0.5) is 70.1 Å². The molecule has 5 aliphatic heterocycles. The SMILES string of the molecule is COc1c(C)cnc(CN2CC(=O)Cc3c(Cl)nc(N)nc32)c1C.COc1c(C)cnc(CN2CC(=O)N(C(C)C)c3c(Cl)nc(N)nc32)c1C.COc1c(C)cnc(CN2CC(=O)N(C)c3c(Cl)nc(N)nc32)c1C.COc1c(C)cnc(CN2CC(=O)N(CCCC(C)C)c3c(Cl)nc(N)nc32)c1C.Nc1nc(Cl)c2ncc(=O)n(Cc3cc4c(cc3Cl)OCO4)c2n1. The Morgan fingerprint density at radius 2 is 0.831 bits per heavy atom. The van der Waals surface area contributed by atoms with Gasteiger partial charge in [0.25, 0.3) is 5.56 Å². The number of aromatic nitrogens is 16. The predicted octanol–water partition coefficient (Wildman–Crippen LogP) is 11.4. The van der Waals surface area contributed by atoms with Crippen LogP contribution in [0.25, 0.3) is 11.2 Å². The Hall–Kier alpha value is -12.8. The standard InChI is InChI=1S/C21H29ClN6O2.C18H23ClN6O2.C16H19ClN6O2.C16H18ClN5O2.C14H9Cl2N5O3/c1-12(2)7-6-8-28-16(29)11-27(20-17(28)19(22)25-21(23)26-20)10-15-14(4)18(30-5)13(3)9-24-15;1-9(2)25-13(26)8-24(17-14(25)16(19)22-18(20)23-17)7-12-11(4)15(27-5)10(3)6-21-12;1-8-5-19-10(9(2)13(8)25-4)6-23-7-11(24)22(3)12-14(17)20-16(18)21-15(12)23;1-8-5-19-12(9(2)13(8)24-3)7-22-6-10(23)4-11-14(17)20-16(18)21-15(11)22;15-7-2-9-8(23-5-24-9)1-6(7)4-21-10(22)3-18-11-12(16)19-14(17)20-13(11)21/h9,12H,6-8,10-11H2,1-5H3,(H2,23,25,26);6,9H,7-8H2,1-5H3,(H2,20,22,23);5H,6-7H2,1-4H3,(H2,18,20,21);5H,4,6-7H2,1-3H3,(H2,18,20,21);1-3H,4-5H2,(H2,17,19,20). The molecule has 0 spiro atoms. The van der Waals surface area contributed by atoms with Crippen molar-refractivity contribution in [1.29, 1.82) is 0 Å². The summed E-state index contributed by atoms with van der Waals surface area (Å²) < 4.78 is 33.9. The molecule has 0 saturated heterocycles. The number of nitrogen functional groups attached to an aromatic ring is 5. The molecular formula is C85H98Cl6N28O11. The molecule has 45 heteroatoms. The largest absolute Gasteiger partial charge is 0.496 e. The molecule has 0 fully saturated rings. The number of amides is 3. The molecule has 10 aromatic heterocycles. The summed E-state index contributed by atoms with van der Waals surface area (Å²) >= 11 is 37.4. The summed E-state index contributed by atoms with van der Waals surface area (Å²) in [6.45, 7) is 26.8. The quantitative estimate of drug-likeness (QED) is 0.0469. The molecule has 15 heterocycles. The highest BCUT2D eigenvalue weighted by atomic mass is 35.5. The summed E-state index contributed by atoms with van der Waals surface area (Å²) in [5, 5.41) is 1.23. The smallest absolute Gasteiger partial charge is 0.270 e. The topological polar surface area (TPSA) is 492 Å². The lowest BCUT2D eigenvalue weighted by Crippen LogP contribution is -2.49. The monoisotopic (exact) mass is 1900 g/mol. The number of Topliss-reactive ketones (excluding diaryl/α,β-unsaturated/α-hetero) is 1. The molecule has 0 aliphatic carbocycles. The summed E-state index contributed by atoms with van der Waals surface area (Å²) in [6, 6.07) is 3.28. The number of hydrogen-bond donors (Lipinski definition) is 5. The van der Waals surface area contributed by atoms with E-state index in [2.05, 4.69) is 88.6 Å². The van der Waals surface area contributed by atoms with E-state index in [1.54, 1.807) is 87.1 Å². The second kappa shape index (κ2) is 40.9. The maximum atomic E-state index is 13.0. The van der Waals surface area contributed by atoms with Crippen molar-refractivity contribution in [3.8, 4) is 34.5 Å². The Morgan fingerprint density at radius 1 is 0.438 bits per heavy atom. The van der Waals surface area contributed by atoms with Gasteiger partial charge in [-0.3, -0.25) is 48.5 Å². The molecule has 16 rings (SSSR count). The fourth-order valence-corrected chi connectivity index (χ4v) is 17.0. The Bertz CT molecular complexity index is 6300. The van der Waals surface area contributed by atoms with Gasteiger partial charge in [0.15, 0.2) is 61.0 Å². The number of hydrogen-bond acceptors (Lipinski definition) is 35. The maximum absolute atomic E-state index is 13.0. The van der Waals surface area contributed by atoms with Gasteiger partial charge in [-0.05, 0) is 99.6 Å². The van der Waals surface area contributed by atoms with Crippen molar-refractivity contribution in [2.45, 2.75) is 141 Å². The number of halogens is 6. The van der Waals surface area contributed by atoms with E-state index in [1.165, 1.54) is 9.47 Å². The lowest BCUT2D eigenvalue weighted by molar-refractivity contribution is -0.118. The summed E-state index contributed by atoms with van der Waals surface area (Å²) in [6.07, 6.45) is 10.3. The number of benzene rings is 1. The highest BCUT2D eigenvalue weighted by Gasteiger charge is 2.39. The minimum Gasteiger partial charge on any atom is -0.496 e. The summed E-state index contributed by atoms with van der Waals surface area (Å²) in [4.78, 5) is 138. The average Bonchev–Trinajstić information content (AvgIpc) is 0.786. The van der Waals surface area contributed by atoms with Gasteiger partial charge >= 0.3 is 0 Å². The molecule has 0 radical (unpaired) electrons. The number of aryl methyl sites for hydroxylation is 4. The number of nitrogens with two attached hydrogens (primary N) is 5. The summed E-state index contributed by atoms with van der Waals surface area (Å²) in [5.74, 6) is 7.07. The molecule has 3 amide bonds. The van der Waals surface area contributed by atoms with Crippen LogP contribution in [0.2, 0.25) is 30.8 Å². The number of fused-ring (bicyclic) bond motifs is 6. The van der Waals surface area contributed by atoms with Crippen molar-refractivity contribution in [2.75, 3.05) is 138 Å². The third-order valence-corrected chi connectivity index (χ3v) is 23.5. The van der Waals surface area contributed by atoms with E-state index in [1.807, 2.05) is 83.9 Å². The van der Waals surface area contributed by atoms with Gasteiger partial charge in [0.05, 0.1) is 116 Å². The van der Waals surface area contributed by atoms with Crippen molar-refractivity contribution < 1.29 is 47.6 Å². The molecule has 686 valence electrons. The number of carbonyl (C=O) groups excluding carboxylic acids is 4. The van der Waals surface area contributed by atoms with Crippen molar-refractivity contribution in [1.82, 2.24) is 79.3 Å². The first kappa shape index (κ1) is 96.3. The number of ketones is 1. The normalized spacial score (nSPS) is 13.7. The van der Waals surface area contributed by atoms with E-state index in [0.29, 0.717) is 107 Å². The van der Waals surface area contributed by atoms with Crippen LogP contribution in [0.15, 0.2) is 47.9 Å². The van der Waals surface area contributed by atoms with Crippen molar-refractivity contribution in [2.24, 2.45) is 5.92 Å². The molecule has 0 atom stereocenters. The van der Waals surface area contributed by atoms with Crippen LogP contribution in [-0.2, 0) is 58.3 Å². The number of ether oxygens (including phenoxy) is 6. The van der Waals surface area contributed by atoms with Crippen LogP contribution in [-0.4, -0.2) is 184 Å². The van der Waals surface area contributed by atoms with E-state index < -0.39 is 0 Å². The zero-order chi connectivity index (χ0) is 94.5. The third kappa shape index (κ3) is 20.9. The molecule has 11 aromatic rings. The molecule has 10 N–H and O–H groups in total. The molecule has 130 heavy (non-hydrogen) atoms. The Morgan fingerprint density at radius 3 is 1.29 bits per heavy atom. The van der Waals surface area contributed by atoms with Gasteiger partial charge in [-0.15, -0.1) is 0 Å². The Kier molecular flexibility index (Phi) is 30.3. The van der Waals surface area contributed by atoms with E-state index in [0.717, 1.165) is 109 Å². The highest BCUT2D eigenvalue weighted by molar-refractivity contribution is 6.35. The number of rotatable bonds is 19. The van der Waals surface area contributed by atoms with Crippen molar-refractivity contribution in [3.05, 3.63) is 163 Å². The van der Waals surface area contributed by atoms with Gasteiger partial charge in [-0.2, -0.15) is 44.9 Å². The van der Waals surface area contributed by atoms with Gasteiger partial charge in [-0.25, -0.2) is 9.97 Å². The fraction of sp³-hybridized carbons (Fsp3) is 0.388. The van der Waals surface area contributed by atoms with Crippen molar-refractivity contribution in [3.63, 3.8) is 0 Å². The lowest BCUT2D eigenvalue weighted by atomic mass is 10.0. The second-order valence-electron chi connectivity index (χ2n) is 31.5. The molecule has 1 aromatic carbocycles. The van der Waals surface area contributed by atoms with Gasteiger partial charge in [0.1, 0.15) is 56.5 Å². The zero-order valence-corrected chi connectivity index (χ0v) is 79.1. The summed E-state index contributed by atoms with van der Waals surface area (Å²) in [5.41, 5.74) is 42.4. The number of methoxy groups -OCH3 is 4. The predicted molar refractivity (Wildman–Crippen MR) is 500 cm³/mol. The van der Waals surface area contributed by atoms with E-state index >= 15 is 0 Å². The summed E-state index contributed by atoms with van der Waals surface area (Å²) in [7, 11) is 8.17. The van der Waals surface area contributed by atoms with Crippen molar-refractivity contribution >= 4 is 174 Å². The van der Waals surface area contributed by atoms with Crippen LogP contribution in [0, 0.1) is 61.3 Å². The highest BCUT2D eigenvalue weighted by Crippen LogP contribution is 2.45. The van der Waals surface area contributed by atoms with Crippen LogP contribution in [0.1, 0.15) is 119 Å². The molecule has 0 saturated carbocycles. The van der Waals surface area contributed by atoms with Crippen LogP contribution in [0.3, 0.4) is 0 Å². The van der Waals surface area contributed by atoms with Crippen LogP contribution >= 0.6 is 69.6 Å². The number of anilines is 12. The van der Waals surface area contributed by atoms with Gasteiger partial charge in [0.2, 0.25) is 54.3 Å². The number of nitrogens with zero attached hydrogens (tertiary/aromatic N) is 23. The van der Waals surface area contributed by atoms with Gasteiger partial charge in [0, 0.05) is 112 Å². The second-order valence-corrected chi connectivity index (χ2v) is 33.7. The molecule has 39 nitrogen and oxygen atoms in total. The van der Waals surface area contributed by atoms with E-state index in [4.69, 9.17) is 127 Å².